The number of rotatable bonds is 5. The van der Waals surface area contributed by atoms with Crippen molar-refractivity contribution in [3.8, 4) is 0 Å². The lowest BCUT2D eigenvalue weighted by molar-refractivity contribution is -0.130. The highest BCUT2D eigenvalue weighted by molar-refractivity contribution is 5.80. The summed E-state index contributed by atoms with van der Waals surface area (Å²) in [4.78, 5) is 20.3. The lowest BCUT2D eigenvalue weighted by atomic mass is 10.3. The van der Waals surface area contributed by atoms with Gasteiger partial charge in [-0.25, -0.2) is 4.99 Å². The number of piperazine rings is 1. The van der Waals surface area contributed by atoms with Crippen LogP contribution in [0.4, 0.5) is 0 Å². The zero-order valence-electron chi connectivity index (χ0n) is 15.2. The summed E-state index contributed by atoms with van der Waals surface area (Å²) in [6.45, 7) is 10.2. The second-order valence-corrected chi connectivity index (χ2v) is 6.14. The summed E-state index contributed by atoms with van der Waals surface area (Å²) in [5, 5.41) is 11.7. The molecule has 0 radical (unpaired) electrons. The van der Waals surface area contributed by atoms with Gasteiger partial charge in [0.25, 0.3) is 0 Å². The number of hydrogen-bond donors (Lipinski definition) is 1. The molecule has 1 N–H and O–H groups in total. The molecule has 1 aromatic heterocycles. The molecule has 1 saturated heterocycles. The van der Waals surface area contributed by atoms with Crippen molar-refractivity contribution in [3.05, 3.63) is 11.6 Å². The zero-order valence-corrected chi connectivity index (χ0v) is 15.2. The molecule has 0 spiro atoms. The van der Waals surface area contributed by atoms with Gasteiger partial charge >= 0.3 is 0 Å². The molecule has 0 aromatic carbocycles. The number of unbranched alkanes of at least 4 members (excludes halogenated alkanes) is 1. The van der Waals surface area contributed by atoms with Gasteiger partial charge in [0.1, 0.15) is 12.4 Å². The molecule has 8 nitrogen and oxygen atoms in total. The molecule has 134 valence electrons. The monoisotopic (exact) mass is 335 g/mol. The van der Waals surface area contributed by atoms with E-state index in [1.165, 1.54) is 0 Å². The second kappa shape index (κ2) is 8.65. The van der Waals surface area contributed by atoms with Crippen molar-refractivity contribution >= 4 is 11.9 Å². The quantitative estimate of drug-likeness (QED) is 0.482. The number of aryl methyl sites for hydroxylation is 1. The number of nitrogens with zero attached hydrogens (tertiary/aromatic N) is 6. The minimum Gasteiger partial charge on any atom is -0.356 e. The molecule has 0 unspecified atom stereocenters. The summed E-state index contributed by atoms with van der Waals surface area (Å²) in [6.07, 6.45) is 2.25. The van der Waals surface area contributed by atoms with E-state index in [4.69, 9.17) is 4.99 Å². The van der Waals surface area contributed by atoms with Gasteiger partial charge in [-0.2, -0.15) is 0 Å². The van der Waals surface area contributed by atoms with Crippen LogP contribution in [-0.4, -0.2) is 69.2 Å². The zero-order chi connectivity index (χ0) is 17.5. The van der Waals surface area contributed by atoms with Crippen molar-refractivity contribution in [2.45, 2.75) is 40.2 Å². The average Bonchev–Trinajstić information content (AvgIpc) is 2.90. The van der Waals surface area contributed by atoms with Crippen LogP contribution in [0.1, 0.15) is 38.3 Å². The summed E-state index contributed by atoms with van der Waals surface area (Å²) in [5.74, 6) is 2.77. The van der Waals surface area contributed by atoms with Gasteiger partial charge in [0.15, 0.2) is 11.8 Å². The second-order valence-electron chi connectivity index (χ2n) is 6.14. The number of guanidine groups is 1. The van der Waals surface area contributed by atoms with Crippen molar-refractivity contribution in [3.63, 3.8) is 0 Å². The maximum absolute atomic E-state index is 11.5. The predicted octanol–water partition coefficient (Wildman–Crippen LogP) is 0.533. The van der Waals surface area contributed by atoms with Crippen LogP contribution in [0.2, 0.25) is 0 Å². The highest BCUT2D eigenvalue weighted by Gasteiger charge is 2.21. The number of aromatic nitrogens is 3. The minimum absolute atomic E-state index is 0.140. The van der Waals surface area contributed by atoms with Gasteiger partial charge in [0.05, 0.1) is 0 Å². The van der Waals surface area contributed by atoms with Crippen LogP contribution in [0, 0.1) is 6.92 Å². The van der Waals surface area contributed by atoms with E-state index in [1.807, 2.05) is 23.4 Å². The fourth-order valence-electron chi connectivity index (χ4n) is 2.61. The molecular formula is C16H29N7O. The van der Waals surface area contributed by atoms with E-state index in [0.29, 0.717) is 6.54 Å². The Morgan fingerprint density at radius 1 is 1.21 bits per heavy atom. The van der Waals surface area contributed by atoms with E-state index in [2.05, 4.69) is 27.3 Å². The molecule has 1 aliphatic rings. The topological polar surface area (TPSA) is 78.7 Å². The molecule has 2 heterocycles. The largest absolute Gasteiger partial charge is 0.356 e. The third-order valence-electron chi connectivity index (χ3n) is 4.39. The van der Waals surface area contributed by atoms with E-state index in [1.54, 1.807) is 6.92 Å². The Balaban J connectivity index is 2.02. The normalized spacial score (nSPS) is 15.8. The van der Waals surface area contributed by atoms with E-state index in [0.717, 1.165) is 63.2 Å². The Morgan fingerprint density at radius 2 is 1.88 bits per heavy atom. The third kappa shape index (κ3) is 4.69. The van der Waals surface area contributed by atoms with Crippen LogP contribution in [0.25, 0.3) is 0 Å². The first-order chi connectivity index (χ1) is 11.5. The van der Waals surface area contributed by atoms with Gasteiger partial charge in [-0.3, -0.25) is 4.79 Å². The highest BCUT2D eigenvalue weighted by Crippen LogP contribution is 2.05. The Hall–Kier alpha value is -2.12. The Bertz CT molecular complexity index is 573. The van der Waals surface area contributed by atoms with Gasteiger partial charge in [0.2, 0.25) is 5.91 Å². The van der Waals surface area contributed by atoms with Crippen molar-refractivity contribution in [1.29, 1.82) is 0 Å². The highest BCUT2D eigenvalue weighted by atomic mass is 16.2. The summed E-state index contributed by atoms with van der Waals surface area (Å²) in [6, 6.07) is 0. The van der Waals surface area contributed by atoms with E-state index < -0.39 is 0 Å². The number of aliphatic imine (C=N–C) groups is 1. The van der Waals surface area contributed by atoms with Crippen molar-refractivity contribution in [2.75, 3.05) is 32.7 Å². The predicted molar refractivity (Wildman–Crippen MR) is 93.6 cm³/mol. The van der Waals surface area contributed by atoms with Gasteiger partial charge in [-0.15, -0.1) is 10.2 Å². The van der Waals surface area contributed by atoms with Gasteiger partial charge < -0.3 is 19.7 Å². The number of hydrogen-bond acceptors (Lipinski definition) is 4. The molecule has 1 fully saturated rings. The molecule has 0 saturated carbocycles. The minimum atomic E-state index is 0.140. The first-order valence-electron chi connectivity index (χ1n) is 8.66. The first kappa shape index (κ1) is 18.2. The molecule has 0 atom stereocenters. The summed E-state index contributed by atoms with van der Waals surface area (Å²) in [5.41, 5.74) is 0. The number of nitrogens with one attached hydrogen (secondary N) is 1. The Kier molecular flexibility index (Phi) is 6.57. The van der Waals surface area contributed by atoms with E-state index >= 15 is 0 Å². The molecule has 1 aromatic rings. The maximum Gasteiger partial charge on any atom is 0.219 e. The molecule has 0 bridgehead atoms. The molecule has 1 amide bonds. The Morgan fingerprint density at radius 3 is 2.42 bits per heavy atom. The first-order valence-corrected chi connectivity index (χ1v) is 8.66. The van der Waals surface area contributed by atoms with Crippen molar-refractivity contribution in [2.24, 2.45) is 12.0 Å². The lowest BCUT2D eigenvalue weighted by Crippen LogP contribution is -2.53. The maximum atomic E-state index is 11.5. The van der Waals surface area contributed by atoms with E-state index in [-0.39, 0.29) is 5.91 Å². The number of carbonyl (C=O) groups is 1. The van der Waals surface area contributed by atoms with Crippen LogP contribution in [0.5, 0.6) is 0 Å². The Labute approximate surface area is 143 Å². The third-order valence-corrected chi connectivity index (χ3v) is 4.39. The SMILES string of the molecule is CCCCNC(=NCc1nnc(C)n1C)N1CCN(C(C)=O)CC1. The smallest absolute Gasteiger partial charge is 0.219 e. The van der Waals surface area contributed by atoms with Crippen LogP contribution in [0.3, 0.4) is 0 Å². The average molecular weight is 335 g/mol. The van der Waals surface area contributed by atoms with Crippen LogP contribution in [-0.2, 0) is 18.4 Å². The van der Waals surface area contributed by atoms with Crippen molar-refractivity contribution < 1.29 is 4.79 Å². The molecule has 0 aliphatic carbocycles. The van der Waals surface area contributed by atoms with Crippen LogP contribution < -0.4 is 5.32 Å². The molecule has 24 heavy (non-hydrogen) atoms. The molecular weight excluding hydrogens is 306 g/mol. The standard InChI is InChI=1S/C16H29N7O/c1-5-6-7-17-16(18-12-15-20-19-13(2)21(15)4)23-10-8-22(9-11-23)14(3)24/h5-12H2,1-4H3,(H,17,18). The van der Waals surface area contributed by atoms with Gasteiger partial charge in [-0.1, -0.05) is 13.3 Å². The molecule has 2 rings (SSSR count). The van der Waals surface area contributed by atoms with Crippen molar-refractivity contribution in [1.82, 2.24) is 29.9 Å². The lowest BCUT2D eigenvalue weighted by Gasteiger charge is -2.36. The van der Waals surface area contributed by atoms with Gasteiger partial charge in [0, 0.05) is 46.7 Å². The summed E-state index contributed by atoms with van der Waals surface area (Å²) >= 11 is 0. The molecule has 8 heteroatoms. The van der Waals surface area contributed by atoms with Crippen LogP contribution in [0.15, 0.2) is 4.99 Å². The number of carbonyl (C=O) groups excluding carboxylic acids is 1. The fraction of sp³-hybridized carbons (Fsp3) is 0.750. The summed E-state index contributed by atoms with van der Waals surface area (Å²) < 4.78 is 1.96. The van der Waals surface area contributed by atoms with Crippen LogP contribution >= 0.6 is 0 Å². The fourth-order valence-corrected chi connectivity index (χ4v) is 2.61. The molecule has 1 aliphatic heterocycles. The van der Waals surface area contributed by atoms with E-state index in [9.17, 15) is 4.79 Å². The number of amides is 1. The summed E-state index contributed by atoms with van der Waals surface area (Å²) in [7, 11) is 1.95. The van der Waals surface area contributed by atoms with Gasteiger partial charge in [-0.05, 0) is 13.3 Å².